The van der Waals surface area contributed by atoms with Crippen molar-refractivity contribution in [2.24, 2.45) is 17.3 Å². The zero-order valence-electron chi connectivity index (χ0n) is 11.1. The number of hydrogen-bond acceptors (Lipinski definition) is 2. The number of nitrogens with one attached hydrogen (secondary N) is 1. The van der Waals surface area contributed by atoms with Gasteiger partial charge in [0.1, 0.15) is 6.04 Å². The largest absolute Gasteiger partial charge is 0.343 e. The van der Waals surface area contributed by atoms with Gasteiger partial charge in [0.2, 0.25) is 11.8 Å². The minimum Gasteiger partial charge on any atom is -0.343 e. The summed E-state index contributed by atoms with van der Waals surface area (Å²) in [6.07, 6.45) is 1.16. The third kappa shape index (κ3) is 2.45. The van der Waals surface area contributed by atoms with Crippen molar-refractivity contribution < 1.29 is 9.59 Å². The Morgan fingerprint density at radius 2 is 2.00 bits per heavy atom. The maximum absolute atomic E-state index is 12.2. The van der Waals surface area contributed by atoms with Gasteiger partial charge in [0.15, 0.2) is 0 Å². The Hall–Kier alpha value is -1.06. The highest BCUT2D eigenvalue weighted by Crippen LogP contribution is 2.51. The third-order valence-electron chi connectivity index (χ3n) is 4.05. The van der Waals surface area contributed by atoms with Crippen molar-refractivity contribution in [1.82, 2.24) is 10.2 Å². The molecule has 0 spiro atoms. The topological polar surface area (TPSA) is 49.4 Å². The van der Waals surface area contributed by atoms with Gasteiger partial charge in [-0.1, -0.05) is 27.7 Å². The van der Waals surface area contributed by atoms with Gasteiger partial charge in [-0.15, -0.1) is 0 Å². The number of carbonyl (C=O) groups is 2. The summed E-state index contributed by atoms with van der Waals surface area (Å²) in [5, 5.41) is 2.78. The lowest BCUT2D eigenvalue weighted by atomic mass is 10.00. The fourth-order valence-corrected chi connectivity index (χ4v) is 2.49. The molecule has 0 aromatic rings. The zero-order chi connectivity index (χ0) is 12.8. The Labute approximate surface area is 103 Å². The predicted molar refractivity (Wildman–Crippen MR) is 65.2 cm³/mol. The van der Waals surface area contributed by atoms with E-state index in [1.807, 2.05) is 13.8 Å². The van der Waals surface area contributed by atoms with E-state index >= 15 is 0 Å². The van der Waals surface area contributed by atoms with E-state index in [0.29, 0.717) is 11.3 Å². The highest BCUT2D eigenvalue weighted by atomic mass is 16.2. The molecule has 0 aromatic heterocycles. The number of amides is 2. The first-order valence-corrected chi connectivity index (χ1v) is 6.39. The van der Waals surface area contributed by atoms with Crippen LogP contribution >= 0.6 is 0 Å². The summed E-state index contributed by atoms with van der Waals surface area (Å²) in [4.78, 5) is 25.5. The molecule has 2 fully saturated rings. The molecule has 96 valence electrons. The summed E-state index contributed by atoms with van der Waals surface area (Å²) in [5.41, 5.74) is 0.349. The van der Waals surface area contributed by atoms with Gasteiger partial charge in [-0.25, -0.2) is 0 Å². The van der Waals surface area contributed by atoms with Crippen LogP contribution in [0, 0.1) is 17.3 Å². The molecule has 2 atom stereocenters. The van der Waals surface area contributed by atoms with E-state index in [0.717, 1.165) is 13.0 Å². The number of hydrogen-bond donors (Lipinski definition) is 1. The van der Waals surface area contributed by atoms with E-state index < -0.39 is 0 Å². The van der Waals surface area contributed by atoms with Crippen LogP contribution in [0.4, 0.5) is 0 Å². The summed E-state index contributed by atoms with van der Waals surface area (Å²) in [6.45, 7) is 9.33. The van der Waals surface area contributed by atoms with Crippen LogP contribution in [0.25, 0.3) is 0 Å². The molecule has 2 rings (SSSR count). The molecule has 1 aliphatic heterocycles. The van der Waals surface area contributed by atoms with Crippen molar-refractivity contribution >= 4 is 11.8 Å². The Morgan fingerprint density at radius 1 is 1.41 bits per heavy atom. The van der Waals surface area contributed by atoms with Gasteiger partial charge in [-0.05, 0) is 23.7 Å². The van der Waals surface area contributed by atoms with Crippen molar-refractivity contribution in [3.63, 3.8) is 0 Å². The van der Waals surface area contributed by atoms with Crippen LogP contribution in [0.2, 0.25) is 0 Å². The fourth-order valence-electron chi connectivity index (χ4n) is 2.49. The monoisotopic (exact) mass is 238 g/mol. The van der Waals surface area contributed by atoms with Crippen LogP contribution < -0.4 is 5.32 Å². The first kappa shape index (κ1) is 12.4. The molecular formula is C13H22N2O2. The van der Waals surface area contributed by atoms with Crippen LogP contribution in [0.5, 0.6) is 0 Å². The molecule has 0 bridgehead atoms. The van der Waals surface area contributed by atoms with Crippen LogP contribution in [0.15, 0.2) is 0 Å². The Kier molecular flexibility index (Phi) is 2.92. The summed E-state index contributed by atoms with van der Waals surface area (Å²) < 4.78 is 0. The minimum atomic E-state index is -0.335. The molecule has 1 heterocycles. The quantitative estimate of drug-likeness (QED) is 0.798. The summed E-state index contributed by atoms with van der Waals surface area (Å²) in [7, 11) is 0. The Balaban J connectivity index is 2.01. The van der Waals surface area contributed by atoms with Gasteiger partial charge >= 0.3 is 0 Å². The highest BCUT2D eigenvalue weighted by Gasteiger charge is 2.48. The molecule has 4 heteroatoms. The minimum absolute atomic E-state index is 0.0262. The second-order valence-electron chi connectivity index (χ2n) is 6.40. The number of nitrogens with zero attached hydrogens (tertiary/aromatic N) is 1. The maximum atomic E-state index is 12.2. The first-order valence-electron chi connectivity index (χ1n) is 6.39. The second kappa shape index (κ2) is 4.00. The SMILES string of the molecule is CC(C)C1NC(=O)CN(CC2CC2(C)C)C1=O. The van der Waals surface area contributed by atoms with Crippen molar-refractivity contribution in [3.05, 3.63) is 0 Å². The van der Waals surface area contributed by atoms with Gasteiger partial charge < -0.3 is 10.2 Å². The average molecular weight is 238 g/mol. The predicted octanol–water partition coefficient (Wildman–Crippen LogP) is 1.02. The second-order valence-corrected chi connectivity index (χ2v) is 6.40. The average Bonchev–Trinajstić information content (AvgIpc) is 2.79. The fraction of sp³-hybridized carbons (Fsp3) is 0.846. The van der Waals surface area contributed by atoms with Gasteiger partial charge in [0, 0.05) is 6.54 Å². The maximum Gasteiger partial charge on any atom is 0.245 e. The van der Waals surface area contributed by atoms with Gasteiger partial charge in [-0.2, -0.15) is 0 Å². The van der Waals surface area contributed by atoms with Crippen molar-refractivity contribution in [2.45, 2.75) is 40.2 Å². The Morgan fingerprint density at radius 3 is 2.47 bits per heavy atom. The molecule has 0 radical (unpaired) electrons. The van der Waals surface area contributed by atoms with Gasteiger partial charge in [0.05, 0.1) is 6.54 Å². The van der Waals surface area contributed by atoms with Gasteiger partial charge in [0.25, 0.3) is 0 Å². The van der Waals surface area contributed by atoms with Crippen LogP contribution in [-0.4, -0.2) is 35.8 Å². The lowest BCUT2D eigenvalue weighted by molar-refractivity contribution is -0.145. The molecule has 2 amide bonds. The van der Waals surface area contributed by atoms with E-state index in [1.165, 1.54) is 0 Å². The van der Waals surface area contributed by atoms with Crippen molar-refractivity contribution in [1.29, 1.82) is 0 Å². The number of carbonyl (C=O) groups excluding carboxylic acids is 2. The zero-order valence-corrected chi connectivity index (χ0v) is 11.1. The van der Waals surface area contributed by atoms with Crippen molar-refractivity contribution in [3.8, 4) is 0 Å². The third-order valence-corrected chi connectivity index (χ3v) is 4.05. The van der Waals surface area contributed by atoms with Crippen LogP contribution in [-0.2, 0) is 9.59 Å². The van der Waals surface area contributed by atoms with Gasteiger partial charge in [-0.3, -0.25) is 9.59 Å². The molecular weight excluding hydrogens is 216 g/mol. The normalized spacial score (nSPS) is 31.7. The molecule has 2 unspecified atom stereocenters. The number of piperazine rings is 1. The molecule has 1 aliphatic carbocycles. The molecule has 2 aliphatic rings. The van der Waals surface area contributed by atoms with Crippen molar-refractivity contribution in [2.75, 3.05) is 13.1 Å². The van der Waals surface area contributed by atoms with E-state index in [9.17, 15) is 9.59 Å². The van der Waals surface area contributed by atoms with Crippen LogP contribution in [0.1, 0.15) is 34.1 Å². The molecule has 0 aromatic carbocycles. The lowest BCUT2D eigenvalue weighted by Crippen LogP contribution is -2.60. The standard InChI is InChI=1S/C13H22N2O2/c1-8(2)11-12(17)15(7-10(16)14-11)6-9-5-13(9,3)4/h8-9,11H,5-7H2,1-4H3,(H,14,16). The van der Waals surface area contributed by atoms with E-state index in [2.05, 4.69) is 19.2 Å². The van der Waals surface area contributed by atoms with E-state index in [1.54, 1.807) is 4.90 Å². The molecule has 17 heavy (non-hydrogen) atoms. The number of rotatable bonds is 3. The lowest BCUT2D eigenvalue weighted by Gasteiger charge is -2.34. The summed E-state index contributed by atoms with van der Waals surface area (Å²) in [6, 6.07) is -0.335. The molecule has 1 saturated heterocycles. The summed E-state index contributed by atoms with van der Waals surface area (Å²) >= 11 is 0. The van der Waals surface area contributed by atoms with E-state index in [4.69, 9.17) is 0 Å². The summed E-state index contributed by atoms with van der Waals surface area (Å²) in [5.74, 6) is 0.774. The molecule has 1 saturated carbocycles. The highest BCUT2D eigenvalue weighted by molar-refractivity contribution is 5.95. The molecule has 4 nitrogen and oxygen atoms in total. The first-order chi connectivity index (χ1) is 7.81. The van der Waals surface area contributed by atoms with E-state index in [-0.39, 0.29) is 30.3 Å². The van der Waals surface area contributed by atoms with Crippen LogP contribution in [0.3, 0.4) is 0 Å². The molecule has 1 N–H and O–H groups in total. The smallest absolute Gasteiger partial charge is 0.245 e. The Bertz CT molecular complexity index is 349.